The molecular formula is C23H23N3O3S. The van der Waals surface area contributed by atoms with Crippen molar-refractivity contribution in [2.45, 2.75) is 19.3 Å². The Balaban J connectivity index is 1.55. The maximum absolute atomic E-state index is 12.8. The Hall–Kier alpha value is -3.06. The van der Waals surface area contributed by atoms with Gasteiger partial charge in [-0.3, -0.25) is 14.5 Å². The first kappa shape index (κ1) is 20.2. The molecule has 2 aliphatic heterocycles. The van der Waals surface area contributed by atoms with Crippen LogP contribution >= 0.6 is 11.8 Å². The van der Waals surface area contributed by atoms with Gasteiger partial charge in [0, 0.05) is 25.7 Å². The van der Waals surface area contributed by atoms with Crippen molar-refractivity contribution >= 4 is 40.5 Å². The summed E-state index contributed by atoms with van der Waals surface area (Å²) in [5.74, 6) is 0.0847. The third-order valence-corrected chi connectivity index (χ3v) is 6.22. The van der Waals surface area contributed by atoms with Gasteiger partial charge in [-0.25, -0.2) is 4.99 Å². The smallest absolute Gasteiger partial charge is 0.266 e. The molecule has 6 nitrogen and oxygen atoms in total. The second-order valence-electron chi connectivity index (χ2n) is 7.36. The SMILES string of the molecule is CN1C(=O)/C(=C\c2ccc(O)cc2)SC1=Nc1cccc(C(=O)N2CCCCC2)c1. The number of aromatic hydroxyl groups is 1. The van der Waals surface area contributed by atoms with Crippen LogP contribution in [0.25, 0.3) is 6.08 Å². The third kappa shape index (κ3) is 4.41. The van der Waals surface area contributed by atoms with Crippen LogP contribution in [-0.2, 0) is 4.79 Å². The highest BCUT2D eigenvalue weighted by molar-refractivity contribution is 8.18. The lowest BCUT2D eigenvalue weighted by molar-refractivity contribution is -0.121. The number of carbonyl (C=O) groups excluding carboxylic acids is 2. The molecule has 0 aromatic heterocycles. The number of likely N-dealkylation sites (N-methyl/N-ethyl adjacent to an activating group) is 1. The summed E-state index contributed by atoms with van der Waals surface area (Å²) in [5, 5.41) is 9.98. The number of phenolic OH excluding ortho intramolecular Hbond substituents is 1. The minimum Gasteiger partial charge on any atom is -0.508 e. The molecule has 2 fully saturated rings. The molecule has 2 aliphatic rings. The number of hydrogen-bond acceptors (Lipinski definition) is 5. The Morgan fingerprint density at radius 2 is 1.83 bits per heavy atom. The third-order valence-electron chi connectivity index (χ3n) is 5.16. The van der Waals surface area contributed by atoms with Gasteiger partial charge < -0.3 is 10.0 Å². The Morgan fingerprint density at radius 1 is 1.10 bits per heavy atom. The molecule has 0 aliphatic carbocycles. The summed E-state index contributed by atoms with van der Waals surface area (Å²) in [5.41, 5.74) is 2.09. The van der Waals surface area contributed by atoms with Gasteiger partial charge in [0.05, 0.1) is 10.6 Å². The standard InChI is InChI=1S/C23H23N3O3S/c1-25-22(29)20(14-16-8-10-19(27)11-9-16)30-23(25)24-18-7-5-6-17(15-18)21(28)26-12-3-2-4-13-26/h5-11,14-15,27H,2-4,12-13H2,1H3/b20-14+,24-23?. The molecule has 0 bridgehead atoms. The van der Waals surface area contributed by atoms with Crippen LogP contribution in [0, 0.1) is 0 Å². The Morgan fingerprint density at radius 3 is 2.57 bits per heavy atom. The zero-order valence-electron chi connectivity index (χ0n) is 16.7. The number of rotatable bonds is 3. The maximum Gasteiger partial charge on any atom is 0.266 e. The van der Waals surface area contributed by atoms with Gasteiger partial charge in [0.25, 0.3) is 11.8 Å². The van der Waals surface area contributed by atoms with Crippen LogP contribution in [0.2, 0.25) is 0 Å². The first-order valence-corrected chi connectivity index (χ1v) is 10.8. The molecule has 2 saturated heterocycles. The first-order valence-electron chi connectivity index (χ1n) is 9.96. The Kier molecular flexibility index (Phi) is 5.90. The molecule has 0 saturated carbocycles. The van der Waals surface area contributed by atoms with Crippen molar-refractivity contribution in [2.24, 2.45) is 4.99 Å². The van der Waals surface area contributed by atoms with Crippen LogP contribution in [0.5, 0.6) is 5.75 Å². The lowest BCUT2D eigenvalue weighted by Crippen LogP contribution is -2.35. The van der Waals surface area contributed by atoms with Crippen LogP contribution < -0.4 is 0 Å². The predicted octanol–water partition coefficient (Wildman–Crippen LogP) is 4.25. The van der Waals surface area contributed by atoms with Crippen LogP contribution in [0.4, 0.5) is 5.69 Å². The van der Waals surface area contributed by atoms with E-state index in [0.29, 0.717) is 21.3 Å². The molecular weight excluding hydrogens is 398 g/mol. The summed E-state index contributed by atoms with van der Waals surface area (Å²) < 4.78 is 0. The fourth-order valence-corrected chi connectivity index (χ4v) is 4.46. The van der Waals surface area contributed by atoms with E-state index in [1.807, 2.05) is 23.1 Å². The van der Waals surface area contributed by atoms with E-state index in [-0.39, 0.29) is 17.6 Å². The van der Waals surface area contributed by atoms with Gasteiger partial charge in [-0.1, -0.05) is 18.2 Å². The van der Waals surface area contributed by atoms with Crippen molar-refractivity contribution in [3.8, 4) is 5.75 Å². The van der Waals surface area contributed by atoms with Gasteiger partial charge in [-0.15, -0.1) is 0 Å². The zero-order valence-corrected chi connectivity index (χ0v) is 17.6. The van der Waals surface area contributed by atoms with Crippen LogP contribution in [-0.4, -0.2) is 52.0 Å². The number of carbonyl (C=O) groups is 2. The lowest BCUT2D eigenvalue weighted by Gasteiger charge is -2.26. The molecule has 30 heavy (non-hydrogen) atoms. The monoisotopic (exact) mass is 421 g/mol. The summed E-state index contributed by atoms with van der Waals surface area (Å²) >= 11 is 1.29. The maximum atomic E-state index is 12.8. The number of amidine groups is 1. The van der Waals surface area contributed by atoms with Crippen LogP contribution in [0.3, 0.4) is 0 Å². The first-order chi connectivity index (χ1) is 14.5. The van der Waals surface area contributed by atoms with E-state index in [4.69, 9.17) is 0 Å². The summed E-state index contributed by atoms with van der Waals surface area (Å²) in [6, 6.07) is 13.9. The van der Waals surface area contributed by atoms with Crippen molar-refractivity contribution in [1.29, 1.82) is 0 Å². The van der Waals surface area contributed by atoms with Gasteiger partial charge in [-0.05, 0) is 73.0 Å². The van der Waals surface area contributed by atoms with Crippen molar-refractivity contribution < 1.29 is 14.7 Å². The number of phenols is 1. The molecule has 7 heteroatoms. The average Bonchev–Trinajstić information content (AvgIpc) is 3.03. The highest BCUT2D eigenvalue weighted by Gasteiger charge is 2.30. The number of benzene rings is 2. The van der Waals surface area contributed by atoms with E-state index in [1.165, 1.54) is 23.1 Å². The molecule has 0 spiro atoms. The van der Waals surface area contributed by atoms with Crippen molar-refractivity contribution in [3.05, 3.63) is 64.6 Å². The fourth-order valence-electron chi connectivity index (χ4n) is 3.47. The molecule has 2 heterocycles. The minimum atomic E-state index is -0.132. The number of nitrogens with zero attached hydrogens (tertiary/aromatic N) is 3. The molecule has 0 unspecified atom stereocenters. The van der Waals surface area contributed by atoms with E-state index in [0.717, 1.165) is 31.5 Å². The summed E-state index contributed by atoms with van der Waals surface area (Å²) in [6.07, 6.45) is 5.05. The molecule has 0 atom stereocenters. The number of aliphatic imine (C=N–C) groups is 1. The van der Waals surface area contributed by atoms with Gasteiger partial charge in [0.1, 0.15) is 5.75 Å². The van der Waals surface area contributed by atoms with Gasteiger partial charge in [0.15, 0.2) is 5.17 Å². The fraction of sp³-hybridized carbons (Fsp3) is 0.261. The number of piperidine rings is 1. The highest BCUT2D eigenvalue weighted by atomic mass is 32.2. The van der Waals surface area contributed by atoms with Crippen molar-refractivity contribution in [2.75, 3.05) is 20.1 Å². The molecule has 4 rings (SSSR count). The second-order valence-corrected chi connectivity index (χ2v) is 8.37. The second kappa shape index (κ2) is 8.75. The molecule has 2 aromatic carbocycles. The quantitative estimate of drug-likeness (QED) is 0.752. The number of hydrogen-bond donors (Lipinski definition) is 1. The predicted molar refractivity (Wildman–Crippen MR) is 120 cm³/mol. The molecule has 2 amide bonds. The zero-order chi connectivity index (χ0) is 21.1. The number of amides is 2. The van der Waals surface area contributed by atoms with Gasteiger partial charge >= 0.3 is 0 Å². The van der Waals surface area contributed by atoms with E-state index in [9.17, 15) is 14.7 Å². The highest BCUT2D eigenvalue weighted by Crippen LogP contribution is 2.33. The van der Waals surface area contributed by atoms with E-state index < -0.39 is 0 Å². The summed E-state index contributed by atoms with van der Waals surface area (Å²) in [7, 11) is 1.69. The number of thioether (sulfide) groups is 1. The van der Waals surface area contributed by atoms with Crippen LogP contribution in [0.15, 0.2) is 58.4 Å². The molecule has 1 N–H and O–H groups in total. The molecule has 154 valence electrons. The minimum absolute atomic E-state index is 0.0353. The normalized spacial score (nSPS) is 19.7. The number of likely N-dealkylation sites (tertiary alicyclic amines) is 1. The summed E-state index contributed by atoms with van der Waals surface area (Å²) in [4.78, 5) is 34.0. The average molecular weight is 422 g/mol. The summed E-state index contributed by atoms with van der Waals surface area (Å²) in [6.45, 7) is 1.60. The van der Waals surface area contributed by atoms with E-state index in [1.54, 1.807) is 43.5 Å². The Labute approximate surface area is 179 Å². The lowest BCUT2D eigenvalue weighted by atomic mass is 10.1. The van der Waals surface area contributed by atoms with E-state index >= 15 is 0 Å². The molecule has 2 aromatic rings. The van der Waals surface area contributed by atoms with Crippen molar-refractivity contribution in [1.82, 2.24) is 9.80 Å². The van der Waals surface area contributed by atoms with E-state index in [2.05, 4.69) is 4.99 Å². The van der Waals surface area contributed by atoms with Crippen LogP contribution in [0.1, 0.15) is 35.2 Å². The van der Waals surface area contributed by atoms with Gasteiger partial charge in [-0.2, -0.15) is 0 Å². The Bertz CT molecular complexity index is 1020. The largest absolute Gasteiger partial charge is 0.508 e. The topological polar surface area (TPSA) is 73.2 Å². The van der Waals surface area contributed by atoms with Crippen molar-refractivity contribution in [3.63, 3.8) is 0 Å². The molecule has 0 radical (unpaired) electrons. The van der Waals surface area contributed by atoms with Gasteiger partial charge in [0.2, 0.25) is 0 Å².